The molecule has 0 atom stereocenters. The summed E-state index contributed by atoms with van der Waals surface area (Å²) in [6.45, 7) is 8.41. The zero-order valence-corrected chi connectivity index (χ0v) is 19.7. The normalized spacial score (nSPS) is 11.2. The number of carbonyl (C=O) groups excluding carboxylic acids is 2. The monoisotopic (exact) mass is 457 g/mol. The summed E-state index contributed by atoms with van der Waals surface area (Å²) < 4.78 is 6.79. The lowest BCUT2D eigenvalue weighted by Crippen LogP contribution is -2.31. The number of hydrogen-bond acceptors (Lipinski definition) is 5. The summed E-state index contributed by atoms with van der Waals surface area (Å²) in [5, 5.41) is 3.17. The Balaban J connectivity index is 1.82. The number of anilines is 1. The van der Waals surface area contributed by atoms with E-state index in [0.29, 0.717) is 40.2 Å². The molecular formula is C23H28ClN5O3. The SMILES string of the molecule is CC(C)CN(C)C(=O)Cc1ccc(Cl)c(-c2cn3cc(NC(=O)OC(C)C)cnc3n2)c1. The summed E-state index contributed by atoms with van der Waals surface area (Å²) in [4.78, 5) is 34.9. The number of halogens is 1. The minimum absolute atomic E-state index is 0.0487. The first-order valence-electron chi connectivity index (χ1n) is 10.5. The Morgan fingerprint density at radius 3 is 2.66 bits per heavy atom. The minimum atomic E-state index is -0.552. The Labute approximate surface area is 192 Å². The summed E-state index contributed by atoms with van der Waals surface area (Å²) in [7, 11) is 1.81. The fourth-order valence-corrected chi connectivity index (χ4v) is 3.49. The van der Waals surface area contributed by atoms with Crippen LogP contribution >= 0.6 is 11.6 Å². The largest absolute Gasteiger partial charge is 0.447 e. The van der Waals surface area contributed by atoms with Gasteiger partial charge in [0, 0.05) is 31.5 Å². The van der Waals surface area contributed by atoms with E-state index in [1.807, 2.05) is 19.2 Å². The molecule has 0 spiro atoms. The second kappa shape index (κ2) is 9.99. The van der Waals surface area contributed by atoms with E-state index >= 15 is 0 Å². The van der Waals surface area contributed by atoms with Gasteiger partial charge in [0.05, 0.1) is 35.1 Å². The second-order valence-electron chi connectivity index (χ2n) is 8.41. The predicted octanol–water partition coefficient (Wildman–Crippen LogP) is 4.66. The number of aromatic nitrogens is 3. The molecule has 9 heteroatoms. The first-order valence-corrected chi connectivity index (χ1v) is 10.8. The van der Waals surface area contributed by atoms with Crippen molar-refractivity contribution < 1.29 is 14.3 Å². The van der Waals surface area contributed by atoms with Gasteiger partial charge in [-0.1, -0.05) is 31.5 Å². The van der Waals surface area contributed by atoms with Crippen molar-refractivity contribution in [2.75, 3.05) is 18.9 Å². The van der Waals surface area contributed by atoms with Crippen molar-refractivity contribution in [3.05, 3.63) is 47.4 Å². The minimum Gasteiger partial charge on any atom is -0.447 e. The Morgan fingerprint density at radius 1 is 1.22 bits per heavy atom. The highest BCUT2D eigenvalue weighted by Crippen LogP contribution is 2.29. The smallest absolute Gasteiger partial charge is 0.411 e. The number of likely N-dealkylation sites (N-methyl/N-ethyl adjacent to an activating group) is 1. The number of benzene rings is 1. The predicted molar refractivity (Wildman–Crippen MR) is 125 cm³/mol. The summed E-state index contributed by atoms with van der Waals surface area (Å²) in [5.41, 5.74) is 2.66. The van der Waals surface area contributed by atoms with Crippen LogP contribution in [-0.4, -0.2) is 51.0 Å². The second-order valence-corrected chi connectivity index (χ2v) is 8.82. The fraction of sp³-hybridized carbons (Fsp3) is 0.391. The molecule has 0 saturated heterocycles. The molecule has 2 amide bonds. The molecule has 3 rings (SSSR count). The average Bonchev–Trinajstić information content (AvgIpc) is 3.11. The van der Waals surface area contributed by atoms with Gasteiger partial charge in [0.1, 0.15) is 0 Å². The molecule has 2 aromatic heterocycles. The molecule has 0 bridgehead atoms. The molecule has 170 valence electrons. The first kappa shape index (κ1) is 23.5. The molecule has 32 heavy (non-hydrogen) atoms. The highest BCUT2D eigenvalue weighted by Gasteiger charge is 2.15. The van der Waals surface area contributed by atoms with Crippen LogP contribution < -0.4 is 5.32 Å². The molecule has 1 N–H and O–H groups in total. The van der Waals surface area contributed by atoms with Crippen molar-refractivity contribution in [1.82, 2.24) is 19.3 Å². The van der Waals surface area contributed by atoms with Gasteiger partial charge in [-0.2, -0.15) is 0 Å². The summed E-state index contributed by atoms with van der Waals surface area (Å²) in [5.74, 6) is 0.909. The number of rotatable bonds is 7. The number of ether oxygens (including phenoxy) is 1. The molecule has 0 saturated carbocycles. The van der Waals surface area contributed by atoms with Gasteiger partial charge in [0.25, 0.3) is 0 Å². The molecule has 0 fully saturated rings. The molecule has 0 aliphatic rings. The standard InChI is InChI=1S/C23H28ClN5O3/c1-14(2)11-28(5)21(30)9-16-6-7-19(24)18(8-16)20-13-29-12-17(10-25-22(29)27-20)26-23(31)32-15(3)4/h6-8,10,12-15H,9,11H2,1-5H3,(H,26,31). The van der Waals surface area contributed by atoms with E-state index in [4.69, 9.17) is 16.3 Å². The maximum atomic E-state index is 12.5. The van der Waals surface area contributed by atoms with E-state index in [1.54, 1.807) is 41.6 Å². The van der Waals surface area contributed by atoms with E-state index in [2.05, 4.69) is 29.1 Å². The zero-order valence-electron chi connectivity index (χ0n) is 18.9. The van der Waals surface area contributed by atoms with Gasteiger partial charge in [0.2, 0.25) is 11.7 Å². The van der Waals surface area contributed by atoms with E-state index in [0.717, 1.165) is 5.56 Å². The van der Waals surface area contributed by atoms with Gasteiger partial charge in [-0.3, -0.25) is 14.5 Å². The topological polar surface area (TPSA) is 88.8 Å². The summed E-state index contributed by atoms with van der Waals surface area (Å²) >= 11 is 6.44. The van der Waals surface area contributed by atoms with Gasteiger partial charge >= 0.3 is 6.09 Å². The third-order valence-electron chi connectivity index (χ3n) is 4.63. The Kier molecular flexibility index (Phi) is 7.35. The average molecular weight is 458 g/mol. The number of carbonyl (C=O) groups is 2. The lowest BCUT2D eigenvalue weighted by molar-refractivity contribution is -0.129. The fourth-order valence-electron chi connectivity index (χ4n) is 3.28. The number of imidazole rings is 1. The van der Waals surface area contributed by atoms with Gasteiger partial charge in [-0.15, -0.1) is 0 Å². The van der Waals surface area contributed by atoms with Crippen molar-refractivity contribution in [3.8, 4) is 11.3 Å². The van der Waals surface area contributed by atoms with Crippen LogP contribution in [0, 0.1) is 5.92 Å². The van der Waals surface area contributed by atoms with Gasteiger partial charge in [-0.05, 0) is 37.5 Å². The van der Waals surface area contributed by atoms with Crippen LogP contribution in [0.15, 0.2) is 36.8 Å². The highest BCUT2D eigenvalue weighted by molar-refractivity contribution is 6.33. The van der Waals surface area contributed by atoms with Gasteiger partial charge < -0.3 is 9.64 Å². The molecular weight excluding hydrogens is 430 g/mol. The molecule has 0 aliphatic carbocycles. The molecule has 2 heterocycles. The van der Waals surface area contributed by atoms with Crippen LogP contribution in [0.2, 0.25) is 5.02 Å². The molecule has 0 aliphatic heterocycles. The zero-order chi connectivity index (χ0) is 23.4. The van der Waals surface area contributed by atoms with Crippen LogP contribution in [0.4, 0.5) is 10.5 Å². The quantitative estimate of drug-likeness (QED) is 0.557. The number of nitrogens with one attached hydrogen (secondary N) is 1. The number of fused-ring (bicyclic) bond motifs is 1. The van der Waals surface area contributed by atoms with Crippen LogP contribution in [0.5, 0.6) is 0 Å². The van der Waals surface area contributed by atoms with Crippen molar-refractivity contribution in [2.45, 2.75) is 40.2 Å². The van der Waals surface area contributed by atoms with Crippen LogP contribution in [0.3, 0.4) is 0 Å². The van der Waals surface area contributed by atoms with E-state index in [1.165, 1.54) is 6.20 Å². The van der Waals surface area contributed by atoms with Crippen LogP contribution in [0.25, 0.3) is 17.0 Å². The third kappa shape index (κ3) is 5.97. The van der Waals surface area contributed by atoms with Crippen molar-refractivity contribution in [3.63, 3.8) is 0 Å². The number of hydrogen-bond donors (Lipinski definition) is 1. The van der Waals surface area contributed by atoms with Crippen molar-refractivity contribution in [1.29, 1.82) is 0 Å². The maximum Gasteiger partial charge on any atom is 0.411 e. The highest BCUT2D eigenvalue weighted by atomic mass is 35.5. The third-order valence-corrected chi connectivity index (χ3v) is 4.96. The van der Waals surface area contributed by atoms with Crippen molar-refractivity contribution in [2.24, 2.45) is 5.92 Å². The molecule has 0 radical (unpaired) electrons. The van der Waals surface area contributed by atoms with E-state index < -0.39 is 6.09 Å². The summed E-state index contributed by atoms with van der Waals surface area (Å²) in [6.07, 6.45) is 4.49. The Hall–Kier alpha value is -3.13. The number of nitrogens with zero attached hydrogens (tertiary/aromatic N) is 4. The number of amides is 2. The molecule has 3 aromatic rings. The molecule has 1 aromatic carbocycles. The molecule has 0 unspecified atom stereocenters. The lowest BCUT2D eigenvalue weighted by atomic mass is 10.1. The van der Waals surface area contributed by atoms with Gasteiger partial charge in [-0.25, -0.2) is 14.8 Å². The van der Waals surface area contributed by atoms with E-state index in [9.17, 15) is 9.59 Å². The summed E-state index contributed by atoms with van der Waals surface area (Å²) in [6, 6.07) is 5.50. The van der Waals surface area contributed by atoms with E-state index in [-0.39, 0.29) is 18.4 Å². The Bertz CT molecular complexity index is 1130. The van der Waals surface area contributed by atoms with Crippen molar-refractivity contribution >= 4 is 35.1 Å². The van der Waals surface area contributed by atoms with Gasteiger partial charge in [0.15, 0.2) is 0 Å². The Morgan fingerprint density at radius 2 is 1.97 bits per heavy atom. The van der Waals surface area contributed by atoms with Crippen LogP contribution in [0.1, 0.15) is 33.3 Å². The molecule has 8 nitrogen and oxygen atoms in total. The first-order chi connectivity index (χ1) is 15.1. The lowest BCUT2D eigenvalue weighted by Gasteiger charge is -2.19. The maximum absolute atomic E-state index is 12.5. The van der Waals surface area contributed by atoms with Crippen LogP contribution in [-0.2, 0) is 16.0 Å².